The molecule has 0 saturated carbocycles. The van der Waals surface area contributed by atoms with E-state index in [2.05, 4.69) is 46.8 Å². The molecule has 2 heterocycles. The Morgan fingerprint density at radius 3 is 2.41 bits per heavy atom. The molecule has 176 valence electrons. The molecule has 4 rings (SSSR count). The number of imidazole rings is 1. The molecule has 0 saturated heterocycles. The smallest absolute Gasteiger partial charge is 0.339 e. The molecule has 0 amide bonds. The Morgan fingerprint density at radius 1 is 0.971 bits per heavy atom. The van der Waals surface area contributed by atoms with Crippen molar-refractivity contribution in [3.63, 3.8) is 0 Å². The maximum Gasteiger partial charge on any atom is 0.339 e. The number of pyridine rings is 1. The van der Waals surface area contributed by atoms with E-state index in [1.165, 1.54) is 5.56 Å². The first-order valence-electron chi connectivity index (χ1n) is 12.0. The third-order valence-electron chi connectivity index (χ3n) is 5.74. The van der Waals surface area contributed by atoms with E-state index in [1.807, 2.05) is 58.0 Å². The number of carbonyl (C=O) groups is 1. The normalized spacial score (nSPS) is 11.7. The molecule has 0 unspecified atom stereocenters. The largest absolute Gasteiger partial charge is 0.456 e. The first-order chi connectivity index (χ1) is 16.2. The van der Waals surface area contributed by atoms with Gasteiger partial charge in [-0.15, -0.1) is 0 Å². The maximum atomic E-state index is 12.8. The number of ether oxygens (including phenoxy) is 1. The molecule has 0 spiro atoms. The number of esters is 1. The van der Waals surface area contributed by atoms with Crippen LogP contribution < -0.4 is 0 Å². The van der Waals surface area contributed by atoms with Crippen molar-refractivity contribution in [3.05, 3.63) is 83.3 Å². The van der Waals surface area contributed by atoms with Gasteiger partial charge >= 0.3 is 5.97 Å². The number of rotatable bonds is 7. The van der Waals surface area contributed by atoms with Crippen molar-refractivity contribution in [2.45, 2.75) is 66.0 Å². The standard InChI is InChI=1S/C29H33N3O2/c1-6-7-12-26-31-27-25(18-13-20(2)30-27)32(26)19-21-14-16-22(17-15-21)23-10-8-9-11-24(23)28(33)34-29(3,4)5/h8-11,13-18H,6-7,12,19H2,1-5H3. The Labute approximate surface area is 201 Å². The van der Waals surface area contributed by atoms with Crippen LogP contribution in [0.5, 0.6) is 0 Å². The summed E-state index contributed by atoms with van der Waals surface area (Å²) in [5, 5.41) is 0. The molecule has 0 bridgehead atoms. The number of hydrogen-bond donors (Lipinski definition) is 0. The van der Waals surface area contributed by atoms with E-state index in [0.29, 0.717) is 5.56 Å². The van der Waals surface area contributed by atoms with E-state index in [1.54, 1.807) is 0 Å². The highest BCUT2D eigenvalue weighted by molar-refractivity contribution is 5.97. The number of carbonyl (C=O) groups excluding carboxylic acids is 1. The summed E-state index contributed by atoms with van der Waals surface area (Å²) in [6, 6.07) is 20.2. The van der Waals surface area contributed by atoms with Gasteiger partial charge in [0.2, 0.25) is 0 Å². The van der Waals surface area contributed by atoms with E-state index in [0.717, 1.165) is 59.6 Å². The van der Waals surface area contributed by atoms with Crippen molar-refractivity contribution in [2.75, 3.05) is 0 Å². The van der Waals surface area contributed by atoms with Gasteiger partial charge in [-0.3, -0.25) is 0 Å². The summed E-state index contributed by atoms with van der Waals surface area (Å²) in [5.41, 5.74) is 5.94. The Balaban J connectivity index is 1.63. The summed E-state index contributed by atoms with van der Waals surface area (Å²) in [6.45, 7) is 10.6. The molecule has 2 aromatic carbocycles. The van der Waals surface area contributed by atoms with Crippen LogP contribution in [0.25, 0.3) is 22.3 Å². The van der Waals surface area contributed by atoms with E-state index >= 15 is 0 Å². The van der Waals surface area contributed by atoms with Crippen molar-refractivity contribution >= 4 is 17.1 Å². The molecule has 34 heavy (non-hydrogen) atoms. The summed E-state index contributed by atoms with van der Waals surface area (Å²) in [5.74, 6) is 0.773. The average molecular weight is 456 g/mol. The summed E-state index contributed by atoms with van der Waals surface area (Å²) in [7, 11) is 0. The molecular formula is C29H33N3O2. The zero-order chi connectivity index (χ0) is 24.3. The molecule has 0 N–H and O–H groups in total. The SMILES string of the molecule is CCCCc1nc2nc(C)ccc2n1Cc1ccc(-c2ccccc2C(=O)OC(C)(C)C)cc1. The molecule has 0 aliphatic heterocycles. The van der Waals surface area contributed by atoms with Crippen LogP contribution in [-0.2, 0) is 17.7 Å². The molecule has 0 aliphatic carbocycles. The molecule has 0 fully saturated rings. The lowest BCUT2D eigenvalue weighted by Gasteiger charge is -2.20. The van der Waals surface area contributed by atoms with Gasteiger partial charge in [0.15, 0.2) is 5.65 Å². The van der Waals surface area contributed by atoms with E-state index < -0.39 is 5.60 Å². The predicted octanol–water partition coefficient (Wildman–Crippen LogP) is 6.75. The summed E-state index contributed by atoms with van der Waals surface area (Å²) in [6.07, 6.45) is 3.16. The average Bonchev–Trinajstić information content (AvgIpc) is 3.13. The zero-order valence-electron chi connectivity index (χ0n) is 20.8. The molecule has 5 nitrogen and oxygen atoms in total. The Hall–Kier alpha value is -3.47. The summed E-state index contributed by atoms with van der Waals surface area (Å²) >= 11 is 0. The number of fused-ring (bicyclic) bond motifs is 1. The third kappa shape index (κ3) is 5.36. The van der Waals surface area contributed by atoms with Gasteiger partial charge in [-0.2, -0.15) is 0 Å². The highest BCUT2D eigenvalue weighted by Crippen LogP contribution is 2.27. The van der Waals surface area contributed by atoms with Crippen LogP contribution in [0.3, 0.4) is 0 Å². The van der Waals surface area contributed by atoms with Crippen LogP contribution in [0, 0.1) is 6.92 Å². The minimum atomic E-state index is -0.537. The first kappa shape index (κ1) is 23.7. The van der Waals surface area contributed by atoms with Crippen LogP contribution in [0.15, 0.2) is 60.7 Å². The molecule has 0 atom stereocenters. The summed E-state index contributed by atoms with van der Waals surface area (Å²) < 4.78 is 7.90. The van der Waals surface area contributed by atoms with Gasteiger partial charge in [0.1, 0.15) is 11.4 Å². The predicted molar refractivity (Wildman–Crippen MR) is 137 cm³/mol. The highest BCUT2D eigenvalue weighted by atomic mass is 16.6. The van der Waals surface area contributed by atoms with Crippen LogP contribution in [0.2, 0.25) is 0 Å². The molecular weight excluding hydrogens is 422 g/mol. The van der Waals surface area contributed by atoms with Crippen LogP contribution in [-0.4, -0.2) is 26.1 Å². The minimum Gasteiger partial charge on any atom is -0.456 e. The van der Waals surface area contributed by atoms with E-state index in [9.17, 15) is 4.79 Å². The quantitative estimate of drug-likeness (QED) is 0.289. The van der Waals surface area contributed by atoms with Gasteiger partial charge in [0, 0.05) is 18.7 Å². The second kappa shape index (κ2) is 9.80. The minimum absolute atomic E-state index is 0.305. The van der Waals surface area contributed by atoms with Crippen LogP contribution >= 0.6 is 0 Å². The number of benzene rings is 2. The second-order valence-corrected chi connectivity index (χ2v) is 9.76. The Bertz CT molecular complexity index is 1300. The summed E-state index contributed by atoms with van der Waals surface area (Å²) in [4.78, 5) is 22.2. The lowest BCUT2D eigenvalue weighted by Crippen LogP contribution is -2.24. The van der Waals surface area contributed by atoms with Crippen LogP contribution in [0.4, 0.5) is 0 Å². The fourth-order valence-corrected chi connectivity index (χ4v) is 4.07. The molecule has 0 aliphatic rings. The van der Waals surface area contributed by atoms with Gasteiger partial charge in [-0.05, 0) is 69.0 Å². The van der Waals surface area contributed by atoms with Crippen LogP contribution in [0.1, 0.15) is 68.0 Å². The lowest BCUT2D eigenvalue weighted by atomic mass is 9.98. The molecule has 4 aromatic rings. The van der Waals surface area contributed by atoms with Gasteiger partial charge in [-0.25, -0.2) is 14.8 Å². The number of unbranched alkanes of at least 4 members (excludes halogenated alkanes) is 1. The van der Waals surface area contributed by atoms with Crippen molar-refractivity contribution in [3.8, 4) is 11.1 Å². The van der Waals surface area contributed by atoms with Gasteiger partial charge in [-0.1, -0.05) is 55.8 Å². The molecule has 0 radical (unpaired) electrons. The highest BCUT2D eigenvalue weighted by Gasteiger charge is 2.20. The maximum absolute atomic E-state index is 12.8. The van der Waals surface area contributed by atoms with Gasteiger partial charge in [0.05, 0.1) is 11.1 Å². The van der Waals surface area contributed by atoms with E-state index in [-0.39, 0.29) is 5.97 Å². The van der Waals surface area contributed by atoms with E-state index in [4.69, 9.17) is 9.72 Å². The van der Waals surface area contributed by atoms with Crippen molar-refractivity contribution in [1.29, 1.82) is 0 Å². The zero-order valence-corrected chi connectivity index (χ0v) is 20.8. The topological polar surface area (TPSA) is 57.0 Å². The number of nitrogens with zero attached hydrogens (tertiary/aromatic N) is 3. The number of aromatic nitrogens is 3. The van der Waals surface area contributed by atoms with Crippen molar-refractivity contribution in [2.24, 2.45) is 0 Å². The monoisotopic (exact) mass is 455 g/mol. The fraction of sp³-hybridized carbons (Fsp3) is 0.345. The molecule has 2 aromatic heterocycles. The Morgan fingerprint density at radius 2 is 1.71 bits per heavy atom. The van der Waals surface area contributed by atoms with Crippen molar-refractivity contribution in [1.82, 2.24) is 14.5 Å². The first-order valence-corrected chi connectivity index (χ1v) is 12.0. The lowest BCUT2D eigenvalue weighted by molar-refractivity contribution is 0.00704. The third-order valence-corrected chi connectivity index (χ3v) is 5.74. The molecule has 5 heteroatoms. The van der Waals surface area contributed by atoms with Gasteiger partial charge in [0.25, 0.3) is 0 Å². The fourth-order valence-electron chi connectivity index (χ4n) is 4.07. The number of hydrogen-bond acceptors (Lipinski definition) is 4. The Kier molecular flexibility index (Phi) is 6.82. The van der Waals surface area contributed by atoms with Crippen molar-refractivity contribution < 1.29 is 9.53 Å². The second-order valence-electron chi connectivity index (χ2n) is 9.76. The number of aryl methyl sites for hydroxylation is 2. The van der Waals surface area contributed by atoms with Gasteiger partial charge < -0.3 is 9.30 Å².